The molecule has 0 radical (unpaired) electrons. The summed E-state index contributed by atoms with van der Waals surface area (Å²) in [5, 5.41) is 9.41. The molecule has 3 N–H and O–H groups in total. The van der Waals surface area contributed by atoms with Gasteiger partial charge in [-0.3, -0.25) is 0 Å². The van der Waals surface area contributed by atoms with Crippen LogP contribution < -0.4 is 5.73 Å². The molecule has 1 aromatic heterocycles. The number of carboxylic acids is 1. The lowest BCUT2D eigenvalue weighted by atomic mass is 10.1. The highest BCUT2D eigenvalue weighted by Gasteiger charge is 2.10. The zero-order valence-corrected chi connectivity index (χ0v) is 7.57. The maximum atomic E-state index is 10.6. The number of aryl methyl sites for hydroxylation is 1. The minimum atomic E-state index is -1.07. The quantitative estimate of drug-likeness (QED) is 0.676. The third kappa shape index (κ3) is 1.21. The molecule has 0 unspecified atom stereocenters. The molecule has 0 fully saturated rings. The molecule has 2 rings (SSSR count). The van der Waals surface area contributed by atoms with Gasteiger partial charge in [-0.05, 0) is 30.7 Å². The Morgan fingerprint density at radius 1 is 1.43 bits per heavy atom. The van der Waals surface area contributed by atoms with Gasteiger partial charge in [0.05, 0.1) is 0 Å². The Labute approximate surface area is 79.9 Å². The molecular formula is C10H9NO3. The van der Waals surface area contributed by atoms with Crippen molar-refractivity contribution in [1.82, 2.24) is 0 Å². The highest BCUT2D eigenvalue weighted by molar-refractivity contribution is 5.92. The highest BCUT2D eigenvalue weighted by Crippen LogP contribution is 2.24. The van der Waals surface area contributed by atoms with Crippen molar-refractivity contribution < 1.29 is 14.3 Å². The van der Waals surface area contributed by atoms with Gasteiger partial charge in [0.1, 0.15) is 5.58 Å². The Bertz CT molecular complexity index is 474. The smallest absolute Gasteiger partial charge is 0.371 e. The van der Waals surface area contributed by atoms with Crippen LogP contribution in [-0.2, 0) is 0 Å². The van der Waals surface area contributed by atoms with Crippen LogP contribution in [0, 0.1) is 6.92 Å². The molecule has 2 aromatic rings. The molecule has 4 heteroatoms. The van der Waals surface area contributed by atoms with Gasteiger partial charge in [-0.2, -0.15) is 0 Å². The Morgan fingerprint density at radius 3 is 2.79 bits per heavy atom. The zero-order chi connectivity index (χ0) is 10.3. The van der Waals surface area contributed by atoms with Crippen molar-refractivity contribution in [3.05, 3.63) is 29.5 Å². The van der Waals surface area contributed by atoms with Crippen LogP contribution >= 0.6 is 0 Å². The molecule has 0 aliphatic heterocycles. The minimum Gasteiger partial charge on any atom is -0.475 e. The van der Waals surface area contributed by atoms with E-state index in [2.05, 4.69) is 0 Å². The number of aromatic carboxylic acids is 1. The topological polar surface area (TPSA) is 76.5 Å². The summed E-state index contributed by atoms with van der Waals surface area (Å²) in [6.07, 6.45) is 0. The standard InChI is InChI=1S/C10H9NO3/c1-5-2-8-6(3-7(5)11)4-9(14-8)10(12)13/h2-4H,11H2,1H3,(H,12,13). The number of furan rings is 1. The molecule has 0 atom stereocenters. The molecule has 0 aliphatic carbocycles. The van der Waals surface area contributed by atoms with E-state index < -0.39 is 5.97 Å². The molecule has 1 aromatic carbocycles. The van der Waals surface area contributed by atoms with Crippen LogP contribution in [0.1, 0.15) is 16.1 Å². The molecule has 4 nitrogen and oxygen atoms in total. The lowest BCUT2D eigenvalue weighted by Gasteiger charge is -1.97. The van der Waals surface area contributed by atoms with Crippen LogP contribution in [0.25, 0.3) is 11.0 Å². The zero-order valence-electron chi connectivity index (χ0n) is 7.57. The van der Waals surface area contributed by atoms with Crippen LogP contribution in [0.15, 0.2) is 22.6 Å². The monoisotopic (exact) mass is 191 g/mol. The van der Waals surface area contributed by atoms with Gasteiger partial charge in [-0.15, -0.1) is 0 Å². The largest absolute Gasteiger partial charge is 0.475 e. The number of nitrogens with two attached hydrogens (primary N) is 1. The Hall–Kier alpha value is -1.97. The van der Waals surface area contributed by atoms with E-state index in [-0.39, 0.29) is 5.76 Å². The number of nitrogen functional groups attached to an aromatic ring is 1. The highest BCUT2D eigenvalue weighted by atomic mass is 16.4. The summed E-state index contributed by atoms with van der Waals surface area (Å²) in [7, 11) is 0. The van der Waals surface area contributed by atoms with Crippen molar-refractivity contribution >= 4 is 22.6 Å². The van der Waals surface area contributed by atoms with E-state index in [1.807, 2.05) is 6.92 Å². The van der Waals surface area contributed by atoms with Crippen molar-refractivity contribution in [1.29, 1.82) is 0 Å². The van der Waals surface area contributed by atoms with E-state index in [1.54, 1.807) is 12.1 Å². The van der Waals surface area contributed by atoms with Crippen molar-refractivity contribution in [2.24, 2.45) is 0 Å². The summed E-state index contributed by atoms with van der Waals surface area (Å²) in [4.78, 5) is 10.6. The second-order valence-electron chi connectivity index (χ2n) is 3.16. The van der Waals surface area contributed by atoms with Gasteiger partial charge in [0, 0.05) is 11.1 Å². The summed E-state index contributed by atoms with van der Waals surface area (Å²) < 4.78 is 5.11. The third-order valence-electron chi connectivity index (χ3n) is 2.12. The SMILES string of the molecule is Cc1cc2oc(C(=O)O)cc2cc1N. The molecule has 0 spiro atoms. The fourth-order valence-corrected chi connectivity index (χ4v) is 1.31. The summed E-state index contributed by atoms with van der Waals surface area (Å²) in [5.74, 6) is -1.14. The van der Waals surface area contributed by atoms with Gasteiger partial charge in [0.2, 0.25) is 5.76 Å². The Balaban J connectivity index is 2.72. The second kappa shape index (κ2) is 2.77. The molecule has 0 amide bonds. The first-order chi connectivity index (χ1) is 6.58. The molecular weight excluding hydrogens is 182 g/mol. The molecule has 0 aliphatic rings. The first-order valence-electron chi connectivity index (χ1n) is 4.11. The number of rotatable bonds is 1. The third-order valence-corrected chi connectivity index (χ3v) is 2.12. The number of hydrogen-bond donors (Lipinski definition) is 2. The van der Waals surface area contributed by atoms with Crippen LogP contribution in [0.3, 0.4) is 0 Å². The first kappa shape index (κ1) is 8.62. The fraction of sp³-hybridized carbons (Fsp3) is 0.100. The summed E-state index contributed by atoms with van der Waals surface area (Å²) in [6.45, 7) is 1.84. The number of benzene rings is 1. The predicted molar refractivity (Wildman–Crippen MR) is 52.3 cm³/mol. The number of anilines is 1. The predicted octanol–water partition coefficient (Wildman–Crippen LogP) is 2.02. The second-order valence-corrected chi connectivity index (χ2v) is 3.16. The van der Waals surface area contributed by atoms with Gasteiger partial charge in [-0.1, -0.05) is 0 Å². The number of carboxylic acid groups (broad SMARTS) is 1. The van der Waals surface area contributed by atoms with Gasteiger partial charge in [0.15, 0.2) is 0 Å². The summed E-state index contributed by atoms with van der Waals surface area (Å²) in [6, 6.07) is 4.91. The molecule has 1 heterocycles. The average molecular weight is 191 g/mol. The van der Waals surface area contributed by atoms with E-state index in [4.69, 9.17) is 15.3 Å². The Morgan fingerprint density at radius 2 is 2.14 bits per heavy atom. The van der Waals surface area contributed by atoms with Gasteiger partial charge >= 0.3 is 5.97 Å². The van der Waals surface area contributed by atoms with Crippen LogP contribution in [0.5, 0.6) is 0 Å². The number of fused-ring (bicyclic) bond motifs is 1. The lowest BCUT2D eigenvalue weighted by Crippen LogP contribution is -1.91. The van der Waals surface area contributed by atoms with Crippen molar-refractivity contribution in [2.45, 2.75) is 6.92 Å². The van der Waals surface area contributed by atoms with Gasteiger partial charge in [0.25, 0.3) is 0 Å². The van der Waals surface area contributed by atoms with Crippen LogP contribution in [0.4, 0.5) is 5.69 Å². The molecule has 0 saturated heterocycles. The molecule has 0 saturated carbocycles. The normalized spacial score (nSPS) is 10.6. The van der Waals surface area contributed by atoms with Gasteiger partial charge < -0.3 is 15.3 Å². The molecule has 14 heavy (non-hydrogen) atoms. The van der Waals surface area contributed by atoms with Crippen molar-refractivity contribution in [3.63, 3.8) is 0 Å². The van der Waals surface area contributed by atoms with Crippen LogP contribution in [0.2, 0.25) is 0 Å². The average Bonchev–Trinajstić information content (AvgIpc) is 2.48. The van der Waals surface area contributed by atoms with Crippen molar-refractivity contribution in [2.75, 3.05) is 5.73 Å². The van der Waals surface area contributed by atoms with Crippen molar-refractivity contribution in [3.8, 4) is 0 Å². The van der Waals surface area contributed by atoms with Crippen LogP contribution in [-0.4, -0.2) is 11.1 Å². The number of hydrogen-bond acceptors (Lipinski definition) is 3. The summed E-state index contributed by atoms with van der Waals surface area (Å²) in [5.41, 5.74) is 7.75. The maximum Gasteiger partial charge on any atom is 0.371 e. The fourth-order valence-electron chi connectivity index (χ4n) is 1.31. The molecule has 0 bridgehead atoms. The molecule has 72 valence electrons. The Kier molecular flexibility index (Phi) is 1.70. The minimum absolute atomic E-state index is 0.0648. The number of carbonyl (C=O) groups is 1. The van der Waals surface area contributed by atoms with E-state index in [1.165, 1.54) is 6.07 Å². The van der Waals surface area contributed by atoms with E-state index in [9.17, 15) is 4.79 Å². The maximum absolute atomic E-state index is 10.6. The van der Waals surface area contributed by atoms with Gasteiger partial charge in [-0.25, -0.2) is 4.79 Å². The van der Waals surface area contributed by atoms with E-state index in [0.29, 0.717) is 16.7 Å². The summed E-state index contributed by atoms with van der Waals surface area (Å²) >= 11 is 0. The van der Waals surface area contributed by atoms with E-state index in [0.717, 1.165) is 5.56 Å². The lowest BCUT2D eigenvalue weighted by molar-refractivity contribution is 0.0665. The first-order valence-corrected chi connectivity index (χ1v) is 4.11. The van der Waals surface area contributed by atoms with E-state index >= 15 is 0 Å².